The Morgan fingerprint density at radius 3 is 2.43 bits per heavy atom. The van der Waals surface area contributed by atoms with Gasteiger partial charge < -0.3 is 9.47 Å². The second kappa shape index (κ2) is 11.7. The van der Waals surface area contributed by atoms with Gasteiger partial charge in [0.25, 0.3) is 16.8 Å². The number of ether oxygens (including phenoxy) is 2. The van der Waals surface area contributed by atoms with Gasteiger partial charge in [0, 0.05) is 21.7 Å². The molecular formula is C26H20Cl2N2O6S. The normalized spacial score (nSPS) is 14.4. The van der Waals surface area contributed by atoms with Crippen molar-refractivity contribution in [2.24, 2.45) is 0 Å². The summed E-state index contributed by atoms with van der Waals surface area (Å²) >= 11 is 13.2. The zero-order valence-electron chi connectivity index (χ0n) is 19.5. The number of nitro benzene ring substituents is 1. The molecule has 37 heavy (non-hydrogen) atoms. The van der Waals surface area contributed by atoms with Crippen molar-refractivity contribution in [1.82, 2.24) is 4.90 Å². The minimum Gasteiger partial charge on any atom is -0.490 e. The second-order valence-electron chi connectivity index (χ2n) is 7.78. The van der Waals surface area contributed by atoms with Gasteiger partial charge in [-0.15, -0.1) is 0 Å². The number of imide groups is 1. The molecule has 1 saturated heterocycles. The standard InChI is InChI=1S/C26H20Cl2N2O6S/c1-2-35-23-12-16(10-11-22(23)36-15-17-6-3-4-9-21(17)30(33)34)13-24-25(31)29(26(32)37-24)14-18-19(27)7-5-8-20(18)28/h3-13H,2,14-15H2,1H3. The van der Waals surface area contributed by atoms with E-state index in [9.17, 15) is 19.7 Å². The number of nitrogens with zero attached hydrogens (tertiary/aromatic N) is 2. The van der Waals surface area contributed by atoms with Crippen LogP contribution in [0.15, 0.2) is 65.6 Å². The number of benzene rings is 3. The average molecular weight is 559 g/mol. The van der Waals surface area contributed by atoms with Crippen LogP contribution in [0.4, 0.5) is 10.5 Å². The highest BCUT2D eigenvalue weighted by Crippen LogP contribution is 2.37. The van der Waals surface area contributed by atoms with Gasteiger partial charge in [0.05, 0.1) is 28.5 Å². The molecule has 0 spiro atoms. The molecule has 0 bridgehead atoms. The fourth-order valence-electron chi connectivity index (χ4n) is 3.60. The number of thioether (sulfide) groups is 1. The van der Waals surface area contributed by atoms with Crippen LogP contribution in [0.25, 0.3) is 6.08 Å². The Bertz CT molecular complexity index is 1390. The predicted octanol–water partition coefficient (Wildman–Crippen LogP) is 7.12. The van der Waals surface area contributed by atoms with Crippen LogP contribution >= 0.6 is 35.0 Å². The maximum Gasteiger partial charge on any atom is 0.293 e. The van der Waals surface area contributed by atoms with Crippen molar-refractivity contribution in [3.63, 3.8) is 0 Å². The molecule has 3 aromatic rings. The van der Waals surface area contributed by atoms with E-state index in [2.05, 4.69) is 0 Å². The minimum absolute atomic E-state index is 0.0277. The second-order valence-corrected chi connectivity index (χ2v) is 9.59. The number of hydrogen-bond acceptors (Lipinski definition) is 7. The van der Waals surface area contributed by atoms with E-state index in [1.807, 2.05) is 6.92 Å². The lowest BCUT2D eigenvalue weighted by Crippen LogP contribution is -2.27. The molecule has 1 aliphatic rings. The number of carbonyl (C=O) groups excluding carboxylic acids is 2. The summed E-state index contributed by atoms with van der Waals surface area (Å²) in [6, 6.07) is 16.3. The van der Waals surface area contributed by atoms with Crippen LogP contribution in [0, 0.1) is 10.1 Å². The number of para-hydroxylation sites is 1. The third-order valence-electron chi connectivity index (χ3n) is 5.39. The third kappa shape index (κ3) is 6.07. The van der Waals surface area contributed by atoms with Crippen molar-refractivity contribution in [3.8, 4) is 11.5 Å². The van der Waals surface area contributed by atoms with Crippen molar-refractivity contribution >= 4 is 57.9 Å². The van der Waals surface area contributed by atoms with Crippen molar-refractivity contribution in [1.29, 1.82) is 0 Å². The number of nitro groups is 1. The van der Waals surface area contributed by atoms with Gasteiger partial charge in [-0.3, -0.25) is 24.6 Å². The smallest absolute Gasteiger partial charge is 0.293 e. The lowest BCUT2D eigenvalue weighted by Gasteiger charge is -2.15. The van der Waals surface area contributed by atoms with Crippen LogP contribution in [0.2, 0.25) is 10.0 Å². The molecule has 1 heterocycles. The largest absolute Gasteiger partial charge is 0.490 e. The molecule has 2 amide bonds. The Balaban J connectivity index is 1.54. The molecule has 1 aliphatic heterocycles. The molecule has 11 heteroatoms. The molecule has 4 rings (SSSR count). The zero-order chi connectivity index (χ0) is 26.5. The first-order valence-electron chi connectivity index (χ1n) is 11.1. The van der Waals surface area contributed by atoms with E-state index >= 15 is 0 Å². The van der Waals surface area contributed by atoms with E-state index in [-0.39, 0.29) is 23.7 Å². The highest BCUT2D eigenvalue weighted by molar-refractivity contribution is 8.18. The number of amides is 2. The van der Waals surface area contributed by atoms with Gasteiger partial charge in [-0.05, 0) is 60.7 Å². The van der Waals surface area contributed by atoms with Crippen molar-refractivity contribution < 1.29 is 24.0 Å². The lowest BCUT2D eigenvalue weighted by molar-refractivity contribution is -0.385. The molecule has 0 atom stereocenters. The molecule has 3 aromatic carbocycles. The van der Waals surface area contributed by atoms with Gasteiger partial charge in [0.2, 0.25) is 0 Å². The summed E-state index contributed by atoms with van der Waals surface area (Å²) in [5.41, 5.74) is 1.49. The first kappa shape index (κ1) is 26.5. The fraction of sp³-hybridized carbons (Fsp3) is 0.154. The maximum absolute atomic E-state index is 13.0. The summed E-state index contributed by atoms with van der Waals surface area (Å²) in [6.07, 6.45) is 1.59. The van der Waals surface area contributed by atoms with E-state index < -0.39 is 16.1 Å². The third-order valence-corrected chi connectivity index (χ3v) is 7.00. The highest BCUT2D eigenvalue weighted by Gasteiger charge is 2.35. The number of carbonyl (C=O) groups is 2. The Morgan fingerprint density at radius 2 is 1.73 bits per heavy atom. The molecule has 0 aliphatic carbocycles. The Labute approximate surface area is 226 Å². The van der Waals surface area contributed by atoms with Crippen LogP contribution in [0.5, 0.6) is 11.5 Å². The van der Waals surface area contributed by atoms with Crippen LogP contribution < -0.4 is 9.47 Å². The fourth-order valence-corrected chi connectivity index (χ4v) is 4.95. The Hall–Kier alpha value is -3.53. The number of halogens is 2. The van der Waals surface area contributed by atoms with Gasteiger partial charge in [-0.1, -0.05) is 47.5 Å². The molecule has 1 fully saturated rings. The van der Waals surface area contributed by atoms with Gasteiger partial charge in [0.1, 0.15) is 6.61 Å². The van der Waals surface area contributed by atoms with Crippen molar-refractivity contribution in [3.05, 3.63) is 102 Å². The molecule has 0 aromatic heterocycles. The lowest BCUT2D eigenvalue weighted by atomic mass is 10.1. The summed E-state index contributed by atoms with van der Waals surface area (Å²) < 4.78 is 11.5. The van der Waals surface area contributed by atoms with Gasteiger partial charge in [0.15, 0.2) is 11.5 Å². The SMILES string of the molecule is CCOc1cc(C=C2SC(=O)N(Cc3c(Cl)cccc3Cl)C2=O)ccc1OCc1ccccc1[N+](=O)[O-]. The first-order chi connectivity index (χ1) is 17.8. The van der Waals surface area contributed by atoms with Crippen LogP contribution in [0.1, 0.15) is 23.6 Å². The Morgan fingerprint density at radius 1 is 1.00 bits per heavy atom. The number of rotatable bonds is 9. The molecule has 8 nitrogen and oxygen atoms in total. The van der Waals surface area contributed by atoms with E-state index in [4.69, 9.17) is 32.7 Å². The van der Waals surface area contributed by atoms with Crippen LogP contribution in [-0.4, -0.2) is 27.6 Å². The maximum atomic E-state index is 13.0. The van der Waals surface area contributed by atoms with Crippen LogP contribution in [0.3, 0.4) is 0 Å². The molecular weight excluding hydrogens is 539 g/mol. The topological polar surface area (TPSA) is 99.0 Å². The van der Waals surface area contributed by atoms with Gasteiger partial charge >= 0.3 is 0 Å². The summed E-state index contributed by atoms with van der Waals surface area (Å²) in [4.78, 5) is 37.7. The predicted molar refractivity (Wildman–Crippen MR) is 143 cm³/mol. The van der Waals surface area contributed by atoms with E-state index in [0.29, 0.717) is 44.8 Å². The summed E-state index contributed by atoms with van der Waals surface area (Å²) in [5, 5.41) is 11.6. The quantitative estimate of drug-likeness (QED) is 0.156. The summed E-state index contributed by atoms with van der Waals surface area (Å²) in [7, 11) is 0. The minimum atomic E-state index is -0.460. The van der Waals surface area contributed by atoms with Crippen molar-refractivity contribution in [2.75, 3.05) is 6.61 Å². The molecule has 190 valence electrons. The van der Waals surface area contributed by atoms with Gasteiger partial charge in [-0.25, -0.2) is 0 Å². The van der Waals surface area contributed by atoms with Crippen LogP contribution in [-0.2, 0) is 17.9 Å². The molecule has 0 saturated carbocycles. The van der Waals surface area contributed by atoms with E-state index in [1.165, 1.54) is 6.07 Å². The first-order valence-corrected chi connectivity index (χ1v) is 12.7. The van der Waals surface area contributed by atoms with E-state index in [0.717, 1.165) is 16.7 Å². The average Bonchev–Trinajstić information content (AvgIpc) is 3.13. The summed E-state index contributed by atoms with van der Waals surface area (Å²) in [5.74, 6) is 0.330. The Kier molecular flexibility index (Phi) is 8.38. The molecule has 0 N–H and O–H groups in total. The monoisotopic (exact) mass is 558 g/mol. The van der Waals surface area contributed by atoms with Crippen molar-refractivity contribution in [2.45, 2.75) is 20.1 Å². The van der Waals surface area contributed by atoms with E-state index in [1.54, 1.807) is 60.7 Å². The molecule has 0 unspecified atom stereocenters. The highest BCUT2D eigenvalue weighted by atomic mass is 35.5. The van der Waals surface area contributed by atoms with Gasteiger partial charge in [-0.2, -0.15) is 0 Å². The number of hydrogen-bond donors (Lipinski definition) is 0. The zero-order valence-corrected chi connectivity index (χ0v) is 21.8. The summed E-state index contributed by atoms with van der Waals surface area (Å²) in [6.45, 7) is 2.09. The molecule has 0 radical (unpaired) electrons.